The van der Waals surface area contributed by atoms with Gasteiger partial charge in [-0.15, -0.1) is 0 Å². The molecule has 0 aromatic heterocycles. The van der Waals surface area contributed by atoms with Crippen LogP contribution in [0.1, 0.15) is 6.92 Å². The van der Waals surface area contributed by atoms with Crippen molar-refractivity contribution >= 4 is 35.0 Å². The van der Waals surface area contributed by atoms with Crippen molar-refractivity contribution < 1.29 is 0 Å². The number of dihydropyridines is 1. The molecule has 12 heavy (non-hydrogen) atoms. The van der Waals surface area contributed by atoms with Crippen molar-refractivity contribution in [2.24, 2.45) is 15.0 Å². The molecule has 3 nitrogen and oxygen atoms in total. The van der Waals surface area contributed by atoms with Gasteiger partial charge in [-0.3, -0.25) is 4.99 Å². The Kier molecular flexibility index (Phi) is 1.69. The van der Waals surface area contributed by atoms with Gasteiger partial charge in [-0.05, 0) is 13.0 Å². The molecule has 0 aromatic carbocycles. The first-order valence-electron chi connectivity index (χ1n) is 3.65. The fraction of sp³-hybridized carbons (Fsp3) is 0.250. The highest BCUT2D eigenvalue weighted by molar-refractivity contribution is 7.82. The van der Waals surface area contributed by atoms with Gasteiger partial charge in [0.1, 0.15) is 11.0 Å². The van der Waals surface area contributed by atoms with Crippen molar-refractivity contribution in [2.45, 2.75) is 13.0 Å². The second-order valence-electron chi connectivity index (χ2n) is 2.60. The van der Waals surface area contributed by atoms with Crippen LogP contribution >= 0.6 is 12.2 Å². The third-order valence-corrected chi connectivity index (χ3v) is 2.10. The SMILES string of the molecule is CC1=NC2C=CC=NC2=NC1=S. The largest absolute Gasteiger partial charge is 0.271 e. The maximum absolute atomic E-state index is 4.98. The summed E-state index contributed by atoms with van der Waals surface area (Å²) in [7, 11) is 0. The van der Waals surface area contributed by atoms with E-state index in [1.807, 2.05) is 19.1 Å². The molecule has 0 fully saturated rings. The average molecular weight is 177 g/mol. The summed E-state index contributed by atoms with van der Waals surface area (Å²) in [6, 6.07) is -0.0123. The zero-order valence-electron chi connectivity index (χ0n) is 6.56. The van der Waals surface area contributed by atoms with E-state index in [2.05, 4.69) is 15.0 Å². The molecule has 0 saturated heterocycles. The number of allylic oxidation sites excluding steroid dienone is 1. The third kappa shape index (κ3) is 1.14. The number of fused-ring (bicyclic) bond motifs is 1. The molecule has 0 amide bonds. The number of aliphatic imine (C=N–C) groups is 3. The van der Waals surface area contributed by atoms with Crippen molar-refractivity contribution in [2.75, 3.05) is 0 Å². The van der Waals surface area contributed by atoms with Gasteiger partial charge >= 0.3 is 0 Å². The molecule has 2 aliphatic heterocycles. The minimum atomic E-state index is -0.0123. The fourth-order valence-corrected chi connectivity index (χ4v) is 1.23. The van der Waals surface area contributed by atoms with Gasteiger partial charge < -0.3 is 0 Å². The molecular formula is C8H7N3S. The van der Waals surface area contributed by atoms with Gasteiger partial charge in [0, 0.05) is 6.21 Å². The van der Waals surface area contributed by atoms with Gasteiger partial charge in [0.05, 0.1) is 5.71 Å². The van der Waals surface area contributed by atoms with E-state index in [0.717, 1.165) is 5.71 Å². The molecule has 0 saturated carbocycles. The Morgan fingerprint density at radius 1 is 1.50 bits per heavy atom. The number of nitrogens with zero attached hydrogens (tertiary/aromatic N) is 3. The number of amidine groups is 1. The predicted molar refractivity (Wildman–Crippen MR) is 54.6 cm³/mol. The second-order valence-corrected chi connectivity index (χ2v) is 2.98. The maximum Gasteiger partial charge on any atom is 0.158 e. The van der Waals surface area contributed by atoms with Crippen LogP contribution < -0.4 is 0 Å². The van der Waals surface area contributed by atoms with Crippen LogP contribution in [-0.2, 0) is 0 Å². The lowest BCUT2D eigenvalue weighted by atomic mass is 10.2. The van der Waals surface area contributed by atoms with E-state index in [1.54, 1.807) is 6.21 Å². The summed E-state index contributed by atoms with van der Waals surface area (Å²) in [6.07, 6.45) is 5.53. The summed E-state index contributed by atoms with van der Waals surface area (Å²) in [5, 5.41) is 0. The minimum Gasteiger partial charge on any atom is -0.271 e. The van der Waals surface area contributed by atoms with E-state index in [4.69, 9.17) is 12.2 Å². The van der Waals surface area contributed by atoms with Gasteiger partial charge in [-0.1, -0.05) is 18.3 Å². The van der Waals surface area contributed by atoms with Crippen LogP contribution in [0.2, 0.25) is 0 Å². The molecule has 0 bridgehead atoms. The lowest BCUT2D eigenvalue weighted by Crippen LogP contribution is -2.26. The van der Waals surface area contributed by atoms with E-state index in [1.165, 1.54) is 0 Å². The third-order valence-electron chi connectivity index (χ3n) is 1.71. The molecule has 60 valence electrons. The van der Waals surface area contributed by atoms with E-state index < -0.39 is 0 Å². The highest BCUT2D eigenvalue weighted by Crippen LogP contribution is 2.10. The Morgan fingerprint density at radius 2 is 2.33 bits per heavy atom. The standard InChI is InChI=1S/C8H7N3S/c1-5-8(12)11-7-6(10-5)3-2-4-9-7/h2-4,6H,1H3. The summed E-state index contributed by atoms with van der Waals surface area (Å²) in [5.41, 5.74) is 0.820. The Morgan fingerprint density at radius 3 is 3.17 bits per heavy atom. The van der Waals surface area contributed by atoms with Crippen molar-refractivity contribution in [3.05, 3.63) is 12.2 Å². The van der Waals surface area contributed by atoms with Crippen LogP contribution in [0.4, 0.5) is 0 Å². The van der Waals surface area contributed by atoms with Crippen LogP contribution in [0, 0.1) is 0 Å². The smallest absolute Gasteiger partial charge is 0.158 e. The summed E-state index contributed by atoms with van der Waals surface area (Å²) >= 11 is 4.98. The van der Waals surface area contributed by atoms with E-state index in [-0.39, 0.29) is 6.04 Å². The Labute approximate surface area is 75.6 Å². The Balaban J connectivity index is 2.41. The van der Waals surface area contributed by atoms with Crippen LogP contribution in [0.3, 0.4) is 0 Å². The molecule has 2 heterocycles. The maximum atomic E-state index is 4.98. The predicted octanol–water partition coefficient (Wildman–Crippen LogP) is 1.20. The lowest BCUT2D eigenvalue weighted by molar-refractivity contribution is 1.05. The zero-order valence-corrected chi connectivity index (χ0v) is 7.38. The first kappa shape index (κ1) is 7.49. The molecule has 0 spiro atoms. The molecule has 2 aliphatic rings. The molecule has 0 aliphatic carbocycles. The summed E-state index contributed by atoms with van der Waals surface area (Å²) in [5.74, 6) is 0.702. The molecule has 0 aromatic rings. The summed E-state index contributed by atoms with van der Waals surface area (Å²) in [6.45, 7) is 1.87. The van der Waals surface area contributed by atoms with Gasteiger partial charge in [0.25, 0.3) is 0 Å². The molecule has 0 radical (unpaired) electrons. The number of hydrogen-bond acceptors (Lipinski definition) is 3. The average Bonchev–Trinajstić information content (AvgIpc) is 2.07. The topological polar surface area (TPSA) is 37.1 Å². The highest BCUT2D eigenvalue weighted by atomic mass is 32.1. The first-order valence-corrected chi connectivity index (χ1v) is 4.06. The Hall–Kier alpha value is -1.16. The molecule has 2 rings (SSSR count). The van der Waals surface area contributed by atoms with Crippen molar-refractivity contribution in [1.82, 2.24) is 0 Å². The summed E-state index contributed by atoms with van der Waals surface area (Å²) < 4.78 is 0. The second kappa shape index (κ2) is 2.71. The fourth-order valence-electron chi connectivity index (χ4n) is 1.08. The van der Waals surface area contributed by atoms with Crippen LogP contribution in [0.25, 0.3) is 0 Å². The van der Waals surface area contributed by atoms with Crippen molar-refractivity contribution in [1.29, 1.82) is 0 Å². The molecule has 1 atom stereocenters. The van der Waals surface area contributed by atoms with Crippen LogP contribution in [0.15, 0.2) is 27.1 Å². The lowest BCUT2D eigenvalue weighted by Gasteiger charge is -2.16. The van der Waals surface area contributed by atoms with Gasteiger partial charge in [-0.2, -0.15) is 0 Å². The highest BCUT2D eigenvalue weighted by Gasteiger charge is 2.19. The number of rotatable bonds is 0. The molecular weight excluding hydrogens is 170 g/mol. The number of hydrogen-bond donors (Lipinski definition) is 0. The van der Waals surface area contributed by atoms with Crippen LogP contribution in [-0.4, -0.2) is 28.8 Å². The van der Waals surface area contributed by atoms with E-state index in [0.29, 0.717) is 10.8 Å². The minimum absolute atomic E-state index is 0.0123. The Bertz CT molecular complexity index is 349. The summed E-state index contributed by atoms with van der Waals surface area (Å²) in [4.78, 5) is 13.1. The first-order chi connectivity index (χ1) is 5.77. The van der Waals surface area contributed by atoms with Gasteiger partial charge in [-0.25, -0.2) is 9.98 Å². The normalized spacial score (nSPS) is 26.4. The molecule has 4 heteroatoms. The van der Waals surface area contributed by atoms with Crippen molar-refractivity contribution in [3.63, 3.8) is 0 Å². The van der Waals surface area contributed by atoms with E-state index in [9.17, 15) is 0 Å². The van der Waals surface area contributed by atoms with Gasteiger partial charge in [0.15, 0.2) is 5.84 Å². The quantitative estimate of drug-likeness (QED) is 0.512. The number of thiocarbonyl (C=S) groups is 1. The monoisotopic (exact) mass is 177 g/mol. The van der Waals surface area contributed by atoms with E-state index >= 15 is 0 Å². The van der Waals surface area contributed by atoms with Gasteiger partial charge in [0.2, 0.25) is 0 Å². The molecule has 0 N–H and O–H groups in total. The van der Waals surface area contributed by atoms with Crippen molar-refractivity contribution in [3.8, 4) is 0 Å². The molecule has 1 unspecified atom stereocenters. The zero-order chi connectivity index (χ0) is 8.55. The van der Waals surface area contributed by atoms with Crippen LogP contribution in [0.5, 0.6) is 0 Å².